The maximum absolute atomic E-state index is 13.7. The molecule has 0 fully saturated rings. The molecule has 3 N–H and O–H groups in total. The van der Waals surface area contributed by atoms with E-state index in [0.29, 0.717) is 0 Å². The normalized spacial score (nSPS) is 12.8. The highest BCUT2D eigenvalue weighted by Crippen LogP contribution is 2.27. The zero-order valence-corrected chi connectivity index (χ0v) is 17.0. The van der Waals surface area contributed by atoms with Crippen molar-refractivity contribution in [3.8, 4) is 5.75 Å². The quantitative estimate of drug-likeness (QED) is 0.184. The molecule has 1 amide bonds. The first-order valence-electron chi connectivity index (χ1n) is 9.51. The van der Waals surface area contributed by atoms with Crippen molar-refractivity contribution < 1.29 is 46.6 Å². The highest BCUT2D eigenvalue weighted by atomic mass is 19.2. The number of carbonyl (C=O) groups excluding carboxylic acids is 1. The fourth-order valence-electron chi connectivity index (χ4n) is 2.89. The Hall–Kier alpha value is -3.97. The van der Waals surface area contributed by atoms with Gasteiger partial charge in [0, 0.05) is 18.2 Å². The van der Waals surface area contributed by atoms with Crippen molar-refractivity contribution >= 4 is 11.6 Å². The van der Waals surface area contributed by atoms with Crippen molar-refractivity contribution in [2.24, 2.45) is 0 Å². The summed E-state index contributed by atoms with van der Waals surface area (Å²) in [5.41, 5.74) is -0.0310. The molecule has 3 aromatic rings. The Bertz CT molecular complexity index is 1170. The van der Waals surface area contributed by atoms with Crippen molar-refractivity contribution in [2.45, 2.75) is 18.8 Å². The van der Waals surface area contributed by atoms with Crippen LogP contribution in [0.25, 0.3) is 0 Å². The molecule has 9 nitrogen and oxygen atoms in total. The second-order valence-corrected chi connectivity index (χ2v) is 6.91. The van der Waals surface area contributed by atoms with Crippen LogP contribution in [-0.2, 0) is 6.61 Å². The Morgan fingerprint density at radius 3 is 2.26 bits per heavy atom. The maximum atomic E-state index is 13.7. The molecule has 0 aliphatic rings. The molecule has 0 saturated carbocycles. The fourth-order valence-corrected chi connectivity index (χ4v) is 2.89. The highest BCUT2D eigenvalue weighted by Gasteiger charge is 2.25. The van der Waals surface area contributed by atoms with Crippen LogP contribution in [0.3, 0.4) is 0 Å². The molecule has 0 spiro atoms. The molecular formula is C21H16F4N2O7. The van der Waals surface area contributed by atoms with Gasteiger partial charge in [0.25, 0.3) is 11.6 Å². The lowest BCUT2D eigenvalue weighted by atomic mass is 10.0. The van der Waals surface area contributed by atoms with Crippen LogP contribution in [0.1, 0.15) is 28.0 Å². The van der Waals surface area contributed by atoms with Gasteiger partial charge in [0.15, 0.2) is 23.1 Å². The summed E-state index contributed by atoms with van der Waals surface area (Å²) in [6.07, 6.45) is -1.43. The van der Waals surface area contributed by atoms with Crippen molar-refractivity contribution in [3.05, 3.63) is 92.9 Å². The van der Waals surface area contributed by atoms with Crippen LogP contribution in [0.5, 0.6) is 5.75 Å². The number of nitrogens with zero attached hydrogens (tertiary/aromatic N) is 1. The van der Waals surface area contributed by atoms with E-state index in [0.717, 1.165) is 18.2 Å². The number of rotatable bonds is 9. The molecule has 13 heteroatoms. The summed E-state index contributed by atoms with van der Waals surface area (Å²) >= 11 is 0. The summed E-state index contributed by atoms with van der Waals surface area (Å²) < 4.78 is 63.7. The molecule has 2 atom stereocenters. The average molecular weight is 484 g/mol. The molecule has 2 unspecified atom stereocenters. The molecule has 0 bridgehead atoms. The van der Waals surface area contributed by atoms with E-state index in [9.17, 15) is 42.7 Å². The lowest BCUT2D eigenvalue weighted by Gasteiger charge is -2.22. The van der Waals surface area contributed by atoms with Crippen molar-refractivity contribution in [1.29, 1.82) is 0 Å². The molecule has 0 saturated heterocycles. The topological polar surface area (TPSA) is 135 Å². The van der Waals surface area contributed by atoms with Crippen LogP contribution in [0, 0.1) is 33.4 Å². The lowest BCUT2D eigenvalue weighted by molar-refractivity contribution is -0.384. The molecular weight excluding hydrogens is 468 g/mol. The summed E-state index contributed by atoms with van der Waals surface area (Å²) in [7, 11) is 0. The number of halogens is 4. The third-order valence-corrected chi connectivity index (χ3v) is 4.66. The minimum Gasteiger partial charge on any atom is -0.479 e. The first kappa shape index (κ1) is 24.7. The van der Waals surface area contributed by atoms with Crippen molar-refractivity contribution in [3.63, 3.8) is 0 Å². The van der Waals surface area contributed by atoms with Gasteiger partial charge in [0.05, 0.1) is 17.6 Å². The predicted molar refractivity (Wildman–Crippen MR) is 106 cm³/mol. The number of nitrogens with one attached hydrogen (secondary N) is 1. The van der Waals surface area contributed by atoms with Gasteiger partial charge in [-0.2, -0.15) is 8.78 Å². The maximum Gasteiger partial charge on any atom is 0.287 e. The van der Waals surface area contributed by atoms with Crippen LogP contribution in [-0.4, -0.2) is 33.7 Å². The van der Waals surface area contributed by atoms with Crippen LogP contribution in [0.4, 0.5) is 23.2 Å². The highest BCUT2D eigenvalue weighted by molar-refractivity contribution is 5.91. The number of ether oxygens (including phenoxy) is 1. The molecule has 34 heavy (non-hydrogen) atoms. The summed E-state index contributed by atoms with van der Waals surface area (Å²) in [5, 5.41) is 33.0. The van der Waals surface area contributed by atoms with E-state index in [-0.39, 0.29) is 28.8 Å². The monoisotopic (exact) mass is 484 g/mol. The molecule has 3 rings (SSSR count). The third kappa shape index (κ3) is 5.32. The van der Waals surface area contributed by atoms with Gasteiger partial charge in [-0.3, -0.25) is 14.9 Å². The Balaban J connectivity index is 1.66. The largest absolute Gasteiger partial charge is 0.479 e. The van der Waals surface area contributed by atoms with E-state index in [1.165, 1.54) is 18.2 Å². The van der Waals surface area contributed by atoms with Crippen molar-refractivity contribution in [2.75, 3.05) is 6.61 Å². The number of non-ortho nitro benzene ring substituents is 1. The van der Waals surface area contributed by atoms with E-state index in [4.69, 9.17) is 9.15 Å². The van der Waals surface area contributed by atoms with E-state index >= 15 is 0 Å². The van der Waals surface area contributed by atoms with E-state index in [2.05, 4.69) is 5.32 Å². The summed E-state index contributed by atoms with van der Waals surface area (Å²) in [6, 6.07) is 5.95. The minimum atomic E-state index is -1.74. The third-order valence-electron chi connectivity index (χ3n) is 4.66. The number of nitro groups is 1. The number of amides is 1. The van der Waals surface area contributed by atoms with Crippen LogP contribution in [0.15, 0.2) is 46.9 Å². The van der Waals surface area contributed by atoms with Gasteiger partial charge < -0.3 is 24.7 Å². The zero-order chi connectivity index (χ0) is 25.0. The minimum absolute atomic E-state index is 0.0234. The van der Waals surface area contributed by atoms with Crippen LogP contribution in [0.2, 0.25) is 0 Å². The smallest absolute Gasteiger partial charge is 0.287 e. The number of aliphatic hydroxyl groups excluding tert-OH is 2. The SMILES string of the molecule is O=C(NC(CO)C(O)c1ccc([N+](=O)[O-])cc1)c1ccc(COc2c(F)c(F)cc(F)c2F)o1. The first-order chi connectivity index (χ1) is 16.1. The Kier molecular flexibility index (Phi) is 7.48. The van der Waals surface area contributed by atoms with E-state index in [1.54, 1.807) is 0 Å². The van der Waals surface area contributed by atoms with Crippen molar-refractivity contribution in [1.82, 2.24) is 5.32 Å². The standard InChI is InChI=1S/C21H16F4N2O7/c22-13-7-14(23)18(25)20(17(13)24)33-9-12-5-6-16(34-12)21(30)26-15(8-28)19(29)10-1-3-11(4-2-10)27(31)32/h1-7,15,19,28-29H,8-9H2,(H,26,30). The van der Waals surface area contributed by atoms with Gasteiger partial charge in [0.1, 0.15) is 18.5 Å². The summed E-state index contributed by atoms with van der Waals surface area (Å²) in [6.45, 7) is -1.39. The van der Waals surface area contributed by atoms with Gasteiger partial charge in [0.2, 0.25) is 11.6 Å². The Morgan fingerprint density at radius 1 is 1.09 bits per heavy atom. The Labute approximate surface area is 188 Å². The number of hydrogen-bond donors (Lipinski definition) is 3. The van der Waals surface area contributed by atoms with Gasteiger partial charge in [-0.05, 0) is 29.8 Å². The van der Waals surface area contributed by atoms with Gasteiger partial charge in [-0.25, -0.2) is 8.78 Å². The predicted octanol–water partition coefficient (Wildman–Crippen LogP) is 3.15. The molecule has 0 aliphatic heterocycles. The average Bonchev–Trinajstić information content (AvgIpc) is 3.30. The van der Waals surface area contributed by atoms with Gasteiger partial charge in [-0.15, -0.1) is 0 Å². The van der Waals surface area contributed by atoms with E-state index in [1.807, 2.05) is 0 Å². The second-order valence-electron chi connectivity index (χ2n) is 6.91. The zero-order valence-electron chi connectivity index (χ0n) is 17.0. The number of nitro benzene ring substituents is 1. The lowest BCUT2D eigenvalue weighted by Crippen LogP contribution is -2.41. The summed E-state index contributed by atoms with van der Waals surface area (Å²) in [4.78, 5) is 22.5. The molecule has 180 valence electrons. The van der Waals surface area contributed by atoms with Gasteiger partial charge >= 0.3 is 0 Å². The first-order valence-corrected chi connectivity index (χ1v) is 9.51. The fraction of sp³-hybridized carbons (Fsp3) is 0.190. The van der Waals surface area contributed by atoms with Crippen LogP contribution < -0.4 is 10.1 Å². The van der Waals surface area contributed by atoms with Gasteiger partial charge in [-0.1, -0.05) is 0 Å². The molecule has 2 aromatic carbocycles. The molecule has 0 aliphatic carbocycles. The molecule has 1 aromatic heterocycles. The number of carbonyl (C=O) groups is 1. The number of hydrogen-bond acceptors (Lipinski definition) is 7. The molecule has 0 radical (unpaired) electrons. The van der Waals surface area contributed by atoms with E-state index < -0.39 is 65.2 Å². The number of furan rings is 1. The Morgan fingerprint density at radius 2 is 1.71 bits per heavy atom. The number of aliphatic hydroxyl groups is 2. The summed E-state index contributed by atoms with van der Waals surface area (Å²) in [5.74, 6) is -9.45. The second kappa shape index (κ2) is 10.3. The molecule has 1 heterocycles. The van der Waals surface area contributed by atoms with Crippen LogP contribution >= 0.6 is 0 Å². The number of benzene rings is 2.